The first-order valence-electron chi connectivity index (χ1n) is 5.81. The summed E-state index contributed by atoms with van der Waals surface area (Å²) < 4.78 is 7.78. The van der Waals surface area contributed by atoms with E-state index in [1.165, 1.54) is 12.0 Å². The number of hydrogen-bond donors (Lipinski definition) is 1. The molecule has 0 bridgehead atoms. The molecule has 2 unspecified atom stereocenters. The second kappa shape index (κ2) is 3.35. The summed E-state index contributed by atoms with van der Waals surface area (Å²) >= 11 is 0. The highest BCUT2D eigenvalue weighted by molar-refractivity contribution is 5.23. The molecule has 1 spiro atoms. The van der Waals surface area contributed by atoms with E-state index in [1.807, 2.05) is 0 Å². The Labute approximate surface area is 90.4 Å². The summed E-state index contributed by atoms with van der Waals surface area (Å²) in [6.45, 7) is 6.21. The molecule has 0 aliphatic carbocycles. The minimum atomic E-state index is 0.403. The van der Waals surface area contributed by atoms with Gasteiger partial charge in [-0.3, -0.25) is 0 Å². The zero-order chi connectivity index (χ0) is 10.3. The molecule has 82 valence electrons. The Morgan fingerprint density at radius 2 is 2.60 bits per heavy atom. The third-order valence-electron chi connectivity index (χ3n) is 3.88. The van der Waals surface area contributed by atoms with Gasteiger partial charge in [-0.25, -0.2) is 0 Å². The molecule has 0 saturated carbocycles. The average Bonchev–Trinajstić information content (AvgIpc) is 2.85. The number of aromatic nitrogens is 1. The average molecular weight is 206 g/mol. The van der Waals surface area contributed by atoms with Crippen molar-refractivity contribution >= 4 is 0 Å². The molecule has 0 radical (unpaired) electrons. The molecule has 2 aliphatic heterocycles. The van der Waals surface area contributed by atoms with Gasteiger partial charge in [-0.1, -0.05) is 0 Å². The van der Waals surface area contributed by atoms with Crippen LogP contribution in [0.2, 0.25) is 0 Å². The zero-order valence-corrected chi connectivity index (χ0v) is 9.20. The SMILES string of the molecule is CCn1ccc(C2NCC23CCOC3)c1. The quantitative estimate of drug-likeness (QED) is 0.794. The Kier molecular flexibility index (Phi) is 2.11. The summed E-state index contributed by atoms with van der Waals surface area (Å²) in [7, 11) is 0. The second-order valence-corrected chi connectivity index (χ2v) is 4.75. The van der Waals surface area contributed by atoms with Gasteiger partial charge in [0, 0.05) is 43.5 Å². The van der Waals surface area contributed by atoms with Gasteiger partial charge in [0.25, 0.3) is 0 Å². The van der Waals surface area contributed by atoms with Crippen molar-refractivity contribution in [2.24, 2.45) is 5.41 Å². The highest BCUT2D eigenvalue weighted by Crippen LogP contribution is 2.46. The van der Waals surface area contributed by atoms with Gasteiger partial charge in [-0.15, -0.1) is 0 Å². The van der Waals surface area contributed by atoms with Crippen LogP contribution in [0.5, 0.6) is 0 Å². The van der Waals surface area contributed by atoms with E-state index in [0.717, 1.165) is 26.3 Å². The van der Waals surface area contributed by atoms with Crippen molar-refractivity contribution < 1.29 is 4.74 Å². The van der Waals surface area contributed by atoms with Gasteiger partial charge in [0.1, 0.15) is 0 Å². The van der Waals surface area contributed by atoms with Gasteiger partial charge in [0.2, 0.25) is 0 Å². The van der Waals surface area contributed by atoms with Crippen LogP contribution in [0.4, 0.5) is 0 Å². The summed E-state index contributed by atoms with van der Waals surface area (Å²) in [6.07, 6.45) is 5.64. The number of ether oxygens (including phenoxy) is 1. The van der Waals surface area contributed by atoms with Crippen molar-refractivity contribution in [3.05, 3.63) is 24.0 Å². The third kappa shape index (κ3) is 1.34. The molecule has 1 aromatic heterocycles. The smallest absolute Gasteiger partial charge is 0.0553 e. The van der Waals surface area contributed by atoms with Crippen molar-refractivity contribution in [3.63, 3.8) is 0 Å². The Hall–Kier alpha value is -0.800. The fraction of sp³-hybridized carbons (Fsp3) is 0.667. The monoisotopic (exact) mass is 206 g/mol. The first-order chi connectivity index (χ1) is 7.34. The maximum Gasteiger partial charge on any atom is 0.0553 e. The zero-order valence-electron chi connectivity index (χ0n) is 9.20. The van der Waals surface area contributed by atoms with Gasteiger partial charge in [-0.05, 0) is 25.0 Å². The Morgan fingerprint density at radius 1 is 1.67 bits per heavy atom. The van der Waals surface area contributed by atoms with Crippen LogP contribution in [0.1, 0.15) is 24.9 Å². The maximum atomic E-state index is 5.54. The molecule has 3 nitrogen and oxygen atoms in total. The van der Waals surface area contributed by atoms with Crippen LogP contribution in [0.3, 0.4) is 0 Å². The fourth-order valence-corrected chi connectivity index (χ4v) is 2.78. The van der Waals surface area contributed by atoms with E-state index in [-0.39, 0.29) is 0 Å². The highest BCUT2D eigenvalue weighted by atomic mass is 16.5. The van der Waals surface area contributed by atoms with Crippen molar-refractivity contribution in [1.82, 2.24) is 9.88 Å². The topological polar surface area (TPSA) is 26.2 Å². The molecule has 1 aromatic rings. The molecule has 2 saturated heterocycles. The first kappa shape index (κ1) is 9.43. The summed E-state index contributed by atoms with van der Waals surface area (Å²) in [4.78, 5) is 0. The van der Waals surface area contributed by atoms with Crippen LogP contribution in [-0.4, -0.2) is 24.3 Å². The molecule has 2 fully saturated rings. The van der Waals surface area contributed by atoms with Gasteiger partial charge in [0.15, 0.2) is 0 Å². The van der Waals surface area contributed by atoms with Crippen molar-refractivity contribution in [3.8, 4) is 0 Å². The Bertz CT molecular complexity index is 352. The molecular formula is C12H18N2O. The van der Waals surface area contributed by atoms with E-state index >= 15 is 0 Å². The minimum absolute atomic E-state index is 0.403. The number of nitrogens with zero attached hydrogens (tertiary/aromatic N) is 1. The van der Waals surface area contributed by atoms with Crippen molar-refractivity contribution in [1.29, 1.82) is 0 Å². The normalized spacial score (nSPS) is 34.6. The molecule has 3 heterocycles. The molecule has 0 amide bonds. The second-order valence-electron chi connectivity index (χ2n) is 4.75. The third-order valence-corrected chi connectivity index (χ3v) is 3.88. The predicted octanol–water partition coefficient (Wildman–Crippen LogP) is 1.56. The van der Waals surface area contributed by atoms with Crippen LogP contribution in [0.25, 0.3) is 0 Å². The lowest BCUT2D eigenvalue weighted by molar-refractivity contribution is 0.0577. The molecule has 3 rings (SSSR count). The van der Waals surface area contributed by atoms with Crippen LogP contribution < -0.4 is 5.32 Å². The molecule has 2 atom stereocenters. The lowest BCUT2D eigenvalue weighted by Crippen LogP contribution is -2.56. The lowest BCUT2D eigenvalue weighted by atomic mass is 9.71. The number of nitrogens with one attached hydrogen (secondary N) is 1. The summed E-state index contributed by atoms with van der Waals surface area (Å²) in [6, 6.07) is 2.76. The lowest BCUT2D eigenvalue weighted by Gasteiger charge is -2.47. The number of rotatable bonds is 2. The molecule has 3 heteroatoms. The highest BCUT2D eigenvalue weighted by Gasteiger charge is 2.49. The number of hydrogen-bond acceptors (Lipinski definition) is 2. The van der Waals surface area contributed by atoms with Crippen molar-refractivity contribution in [2.45, 2.75) is 25.9 Å². The minimum Gasteiger partial charge on any atom is -0.381 e. The van der Waals surface area contributed by atoms with E-state index in [1.54, 1.807) is 0 Å². The van der Waals surface area contributed by atoms with Gasteiger partial charge < -0.3 is 14.6 Å². The standard InChI is InChI=1S/C12H18N2O/c1-2-14-5-3-10(7-14)11-12(8-13-11)4-6-15-9-12/h3,5,7,11,13H,2,4,6,8-9H2,1H3. The largest absolute Gasteiger partial charge is 0.381 e. The van der Waals surface area contributed by atoms with Gasteiger partial charge in [0.05, 0.1) is 6.61 Å². The van der Waals surface area contributed by atoms with Crippen LogP contribution in [0.15, 0.2) is 18.5 Å². The van der Waals surface area contributed by atoms with Crippen LogP contribution >= 0.6 is 0 Å². The van der Waals surface area contributed by atoms with Gasteiger partial charge >= 0.3 is 0 Å². The predicted molar refractivity (Wildman–Crippen MR) is 58.7 cm³/mol. The van der Waals surface area contributed by atoms with E-state index in [2.05, 4.69) is 35.3 Å². The molecule has 0 aromatic carbocycles. The van der Waals surface area contributed by atoms with Crippen LogP contribution in [0, 0.1) is 5.41 Å². The Morgan fingerprint density at radius 3 is 3.13 bits per heavy atom. The van der Waals surface area contributed by atoms with Gasteiger partial charge in [-0.2, -0.15) is 0 Å². The summed E-state index contributed by atoms with van der Waals surface area (Å²) in [5.41, 5.74) is 1.83. The van der Waals surface area contributed by atoms with E-state index in [9.17, 15) is 0 Å². The fourth-order valence-electron chi connectivity index (χ4n) is 2.78. The van der Waals surface area contributed by atoms with Crippen molar-refractivity contribution in [2.75, 3.05) is 19.8 Å². The molecular weight excluding hydrogens is 188 g/mol. The Balaban J connectivity index is 1.82. The van der Waals surface area contributed by atoms with E-state index < -0.39 is 0 Å². The van der Waals surface area contributed by atoms with E-state index in [4.69, 9.17) is 4.74 Å². The summed E-state index contributed by atoms with van der Waals surface area (Å²) in [5, 5.41) is 3.54. The molecule has 15 heavy (non-hydrogen) atoms. The maximum absolute atomic E-state index is 5.54. The van der Waals surface area contributed by atoms with E-state index in [0.29, 0.717) is 11.5 Å². The molecule has 2 aliphatic rings. The first-order valence-corrected chi connectivity index (χ1v) is 5.81. The van der Waals surface area contributed by atoms with Crippen LogP contribution in [-0.2, 0) is 11.3 Å². The molecule has 1 N–H and O–H groups in total. The summed E-state index contributed by atoms with van der Waals surface area (Å²) in [5.74, 6) is 0. The number of aryl methyl sites for hydroxylation is 1.